The Morgan fingerprint density at radius 3 is 2.58 bits per heavy atom. The maximum absolute atomic E-state index is 11.8. The number of hydrogen-bond donors (Lipinski definition) is 0. The molecule has 0 radical (unpaired) electrons. The van der Waals surface area contributed by atoms with Crippen molar-refractivity contribution >= 4 is 11.8 Å². The summed E-state index contributed by atoms with van der Waals surface area (Å²) in [5.41, 5.74) is 0. The summed E-state index contributed by atoms with van der Waals surface area (Å²) in [7, 11) is 0. The topological polar surface area (TPSA) is 43.4 Å². The number of carbonyl (C=O) groups excluding carboxylic acids is 2. The first kappa shape index (κ1) is 14.3. The summed E-state index contributed by atoms with van der Waals surface area (Å²) in [5, 5.41) is 0. The van der Waals surface area contributed by atoms with Crippen LogP contribution in [0.25, 0.3) is 0 Å². The minimum Gasteiger partial charge on any atom is -0.461 e. The second kappa shape index (κ2) is 7.46. The summed E-state index contributed by atoms with van der Waals surface area (Å²) in [4.78, 5) is 23.4. The molecule has 2 rings (SSSR count). The number of Topliss-reactive ketones (excluding diaryl/α,β-unsaturated/α-hetero) is 1. The third-order valence-electron chi connectivity index (χ3n) is 4.22. The van der Waals surface area contributed by atoms with Gasteiger partial charge in [0.25, 0.3) is 0 Å². The van der Waals surface area contributed by atoms with Crippen molar-refractivity contribution in [2.24, 2.45) is 11.8 Å². The van der Waals surface area contributed by atoms with Crippen LogP contribution in [0.1, 0.15) is 57.8 Å². The van der Waals surface area contributed by atoms with E-state index in [1.54, 1.807) is 0 Å². The van der Waals surface area contributed by atoms with Crippen molar-refractivity contribution in [1.82, 2.24) is 0 Å². The zero-order valence-electron chi connectivity index (χ0n) is 11.6. The highest BCUT2D eigenvalue weighted by atomic mass is 16.5. The molecule has 2 aliphatic carbocycles. The molecule has 2 aliphatic rings. The van der Waals surface area contributed by atoms with Crippen molar-refractivity contribution < 1.29 is 14.3 Å². The van der Waals surface area contributed by atoms with Crippen LogP contribution in [0.5, 0.6) is 0 Å². The maximum Gasteiger partial charge on any atom is 0.316 e. The number of ketones is 1. The smallest absolute Gasteiger partial charge is 0.316 e. The SMILES string of the molecule is O=C1CCCCC1C(=O)OCC=CC1CCCCC1. The van der Waals surface area contributed by atoms with Crippen molar-refractivity contribution in [3.63, 3.8) is 0 Å². The molecule has 0 aromatic rings. The van der Waals surface area contributed by atoms with Gasteiger partial charge in [0.1, 0.15) is 18.3 Å². The summed E-state index contributed by atoms with van der Waals surface area (Å²) >= 11 is 0. The number of esters is 1. The summed E-state index contributed by atoms with van der Waals surface area (Å²) in [6.07, 6.45) is 13.7. The first-order valence-corrected chi connectivity index (χ1v) is 7.63. The van der Waals surface area contributed by atoms with Crippen molar-refractivity contribution in [1.29, 1.82) is 0 Å². The molecule has 0 spiro atoms. The van der Waals surface area contributed by atoms with Gasteiger partial charge in [-0.3, -0.25) is 9.59 Å². The van der Waals surface area contributed by atoms with E-state index in [1.165, 1.54) is 32.1 Å². The second-order valence-corrected chi connectivity index (χ2v) is 5.72. The Balaban J connectivity index is 1.68. The van der Waals surface area contributed by atoms with Crippen LogP contribution in [-0.4, -0.2) is 18.4 Å². The van der Waals surface area contributed by atoms with E-state index >= 15 is 0 Å². The van der Waals surface area contributed by atoms with E-state index in [1.807, 2.05) is 6.08 Å². The molecule has 1 unspecified atom stereocenters. The average Bonchev–Trinajstić information content (AvgIpc) is 2.45. The maximum atomic E-state index is 11.8. The summed E-state index contributed by atoms with van der Waals surface area (Å²) in [6.45, 7) is 0.319. The van der Waals surface area contributed by atoms with Crippen LogP contribution in [0.15, 0.2) is 12.2 Å². The third-order valence-corrected chi connectivity index (χ3v) is 4.22. The van der Waals surface area contributed by atoms with Gasteiger partial charge in [-0.2, -0.15) is 0 Å². The number of carbonyl (C=O) groups is 2. The van der Waals surface area contributed by atoms with Gasteiger partial charge in [0.15, 0.2) is 0 Å². The Bertz CT molecular complexity index is 340. The predicted molar refractivity (Wildman–Crippen MR) is 73.6 cm³/mol. The van der Waals surface area contributed by atoms with E-state index in [2.05, 4.69) is 6.08 Å². The first-order valence-electron chi connectivity index (χ1n) is 7.63. The molecule has 0 heterocycles. The normalized spacial score (nSPS) is 25.7. The molecule has 106 valence electrons. The van der Waals surface area contributed by atoms with E-state index in [9.17, 15) is 9.59 Å². The first-order chi connectivity index (χ1) is 9.27. The quantitative estimate of drug-likeness (QED) is 0.444. The number of allylic oxidation sites excluding steroid dienone is 1. The van der Waals surface area contributed by atoms with E-state index in [0.717, 1.165) is 12.8 Å². The van der Waals surface area contributed by atoms with Crippen LogP contribution in [0, 0.1) is 11.8 Å². The van der Waals surface area contributed by atoms with Gasteiger partial charge < -0.3 is 4.74 Å². The van der Waals surface area contributed by atoms with E-state index in [0.29, 0.717) is 25.4 Å². The second-order valence-electron chi connectivity index (χ2n) is 5.72. The molecular formula is C16H24O3. The molecule has 3 nitrogen and oxygen atoms in total. The van der Waals surface area contributed by atoms with Gasteiger partial charge in [0, 0.05) is 6.42 Å². The van der Waals surface area contributed by atoms with Crippen LogP contribution in [-0.2, 0) is 14.3 Å². The monoisotopic (exact) mass is 264 g/mol. The fourth-order valence-corrected chi connectivity index (χ4v) is 3.04. The molecule has 0 aromatic heterocycles. The fraction of sp³-hybridized carbons (Fsp3) is 0.750. The van der Waals surface area contributed by atoms with Crippen LogP contribution >= 0.6 is 0 Å². The number of hydrogen-bond acceptors (Lipinski definition) is 3. The third kappa shape index (κ3) is 4.48. The van der Waals surface area contributed by atoms with Crippen molar-refractivity contribution in [2.75, 3.05) is 6.61 Å². The van der Waals surface area contributed by atoms with Crippen LogP contribution in [0.4, 0.5) is 0 Å². The molecule has 0 saturated heterocycles. The van der Waals surface area contributed by atoms with Gasteiger partial charge in [-0.1, -0.05) is 37.8 Å². The summed E-state index contributed by atoms with van der Waals surface area (Å²) in [5.74, 6) is -0.0916. The highest BCUT2D eigenvalue weighted by Gasteiger charge is 2.29. The molecule has 3 heteroatoms. The predicted octanol–water partition coefficient (Wildman–Crippen LogP) is 3.43. The van der Waals surface area contributed by atoms with Gasteiger partial charge in [0.05, 0.1) is 0 Å². The number of rotatable bonds is 4. The molecule has 0 amide bonds. The minimum atomic E-state index is -0.489. The molecule has 2 saturated carbocycles. The lowest BCUT2D eigenvalue weighted by molar-refractivity contribution is -0.152. The summed E-state index contributed by atoms with van der Waals surface area (Å²) in [6, 6.07) is 0. The van der Waals surface area contributed by atoms with Crippen molar-refractivity contribution in [3.05, 3.63) is 12.2 Å². The van der Waals surface area contributed by atoms with Gasteiger partial charge in [-0.15, -0.1) is 0 Å². The Kier molecular flexibility index (Phi) is 5.62. The van der Waals surface area contributed by atoms with Gasteiger partial charge in [-0.25, -0.2) is 0 Å². The van der Waals surface area contributed by atoms with Crippen molar-refractivity contribution in [3.8, 4) is 0 Å². The zero-order chi connectivity index (χ0) is 13.5. The molecule has 19 heavy (non-hydrogen) atoms. The number of ether oxygens (including phenoxy) is 1. The highest BCUT2D eigenvalue weighted by Crippen LogP contribution is 2.24. The lowest BCUT2D eigenvalue weighted by Crippen LogP contribution is -2.28. The lowest BCUT2D eigenvalue weighted by Gasteiger charge is -2.19. The Labute approximate surface area is 115 Å². The average molecular weight is 264 g/mol. The molecule has 0 aromatic carbocycles. The fourth-order valence-electron chi connectivity index (χ4n) is 3.04. The molecule has 0 N–H and O–H groups in total. The Hall–Kier alpha value is -1.12. The summed E-state index contributed by atoms with van der Waals surface area (Å²) < 4.78 is 5.20. The van der Waals surface area contributed by atoms with E-state index in [-0.39, 0.29) is 11.8 Å². The lowest BCUT2D eigenvalue weighted by atomic mass is 9.88. The van der Waals surface area contributed by atoms with Gasteiger partial charge in [0.2, 0.25) is 0 Å². The van der Waals surface area contributed by atoms with E-state index in [4.69, 9.17) is 4.74 Å². The molecule has 0 bridgehead atoms. The molecule has 2 fully saturated rings. The molecule has 0 aliphatic heterocycles. The zero-order valence-corrected chi connectivity index (χ0v) is 11.6. The van der Waals surface area contributed by atoms with E-state index < -0.39 is 5.92 Å². The Morgan fingerprint density at radius 2 is 1.84 bits per heavy atom. The van der Waals surface area contributed by atoms with Crippen LogP contribution < -0.4 is 0 Å². The standard InChI is InChI=1S/C16H24O3/c17-15-11-5-4-10-14(15)16(18)19-12-6-9-13-7-2-1-3-8-13/h6,9,13-14H,1-5,7-8,10-12H2. The highest BCUT2D eigenvalue weighted by molar-refractivity contribution is 5.99. The molecule has 1 atom stereocenters. The van der Waals surface area contributed by atoms with Gasteiger partial charge in [-0.05, 0) is 31.6 Å². The van der Waals surface area contributed by atoms with Crippen LogP contribution in [0.3, 0.4) is 0 Å². The van der Waals surface area contributed by atoms with Crippen molar-refractivity contribution in [2.45, 2.75) is 57.8 Å². The van der Waals surface area contributed by atoms with Gasteiger partial charge >= 0.3 is 5.97 Å². The Morgan fingerprint density at radius 1 is 1.11 bits per heavy atom. The van der Waals surface area contributed by atoms with Crippen LogP contribution in [0.2, 0.25) is 0 Å². The molecular weight excluding hydrogens is 240 g/mol. The largest absolute Gasteiger partial charge is 0.461 e. The minimum absolute atomic E-state index is 0.0625.